The van der Waals surface area contributed by atoms with Crippen LogP contribution in [0.4, 0.5) is 5.69 Å². The molecule has 2 unspecified atom stereocenters. The van der Waals surface area contributed by atoms with Crippen LogP contribution >= 0.6 is 0 Å². The fraction of sp³-hybridized carbons (Fsp3) is 0.167. The molecule has 4 rings (SSSR count). The number of amidine groups is 1. The molecule has 4 nitrogen and oxygen atoms in total. The maximum absolute atomic E-state index is 5.16. The summed E-state index contributed by atoms with van der Waals surface area (Å²) in [7, 11) is 1.67. The normalized spacial score (nSPS) is 21.8. The second kappa shape index (κ2) is 5.22. The van der Waals surface area contributed by atoms with Gasteiger partial charge in [0.25, 0.3) is 0 Å². The Kier molecular flexibility index (Phi) is 3.07. The molecular formula is C18H17N3O. The highest BCUT2D eigenvalue weighted by Crippen LogP contribution is 2.36. The molecule has 0 saturated carbocycles. The van der Waals surface area contributed by atoms with Crippen molar-refractivity contribution in [2.45, 2.75) is 12.2 Å². The summed E-state index contributed by atoms with van der Waals surface area (Å²) >= 11 is 0. The van der Waals surface area contributed by atoms with Crippen molar-refractivity contribution >= 4 is 17.6 Å². The van der Waals surface area contributed by atoms with Crippen LogP contribution in [-0.4, -0.2) is 19.1 Å². The Hall–Kier alpha value is -2.75. The van der Waals surface area contributed by atoms with Crippen molar-refractivity contribution in [3.8, 4) is 5.75 Å². The molecule has 0 amide bonds. The van der Waals surface area contributed by atoms with Crippen LogP contribution in [0, 0.1) is 0 Å². The molecule has 0 aliphatic carbocycles. The number of nitrogens with one attached hydrogen (secondary N) is 2. The Morgan fingerprint density at radius 1 is 1.00 bits per heavy atom. The molecule has 2 aromatic carbocycles. The largest absolute Gasteiger partial charge is 0.497 e. The number of anilines is 1. The average molecular weight is 291 g/mol. The van der Waals surface area contributed by atoms with Crippen molar-refractivity contribution in [3.63, 3.8) is 0 Å². The first-order valence-corrected chi connectivity index (χ1v) is 7.35. The first kappa shape index (κ1) is 13.0. The molecule has 2 heterocycles. The molecule has 2 N–H and O–H groups in total. The van der Waals surface area contributed by atoms with Gasteiger partial charge < -0.3 is 15.4 Å². The Balaban J connectivity index is 1.48. The number of nitrogens with zero attached hydrogens (tertiary/aromatic N) is 1. The van der Waals surface area contributed by atoms with E-state index < -0.39 is 0 Å². The molecular weight excluding hydrogens is 274 g/mol. The van der Waals surface area contributed by atoms with Crippen LogP contribution in [0.2, 0.25) is 0 Å². The molecule has 2 aromatic rings. The van der Waals surface area contributed by atoms with Gasteiger partial charge in [-0.15, -0.1) is 0 Å². The van der Waals surface area contributed by atoms with Gasteiger partial charge in [0, 0.05) is 11.3 Å². The van der Waals surface area contributed by atoms with Gasteiger partial charge >= 0.3 is 0 Å². The standard InChI is InChI=1S/C18H17N3O/c1-22-13-9-6-12(7-10-13)8-11-16-20-17-14-4-2-3-5-15(14)19-18(17)21-16/h2-11,17-19H,1H3,(H,20,21)/b11-8+. The number of ether oxygens (including phenoxy) is 1. The van der Waals surface area contributed by atoms with E-state index in [-0.39, 0.29) is 12.2 Å². The molecule has 2 atom stereocenters. The van der Waals surface area contributed by atoms with Gasteiger partial charge in [-0.3, -0.25) is 0 Å². The summed E-state index contributed by atoms with van der Waals surface area (Å²) in [5.74, 6) is 1.77. The van der Waals surface area contributed by atoms with Crippen molar-refractivity contribution in [2.24, 2.45) is 4.99 Å². The number of para-hydroxylation sites is 1. The molecule has 2 aliphatic rings. The van der Waals surface area contributed by atoms with Crippen LogP contribution in [0.15, 0.2) is 59.6 Å². The van der Waals surface area contributed by atoms with Gasteiger partial charge in [-0.25, -0.2) is 4.99 Å². The number of hydrogen-bond acceptors (Lipinski definition) is 4. The lowest BCUT2D eigenvalue weighted by Crippen LogP contribution is -2.24. The number of fused-ring (bicyclic) bond motifs is 3. The van der Waals surface area contributed by atoms with Crippen molar-refractivity contribution in [1.82, 2.24) is 5.32 Å². The van der Waals surface area contributed by atoms with Crippen LogP contribution in [0.25, 0.3) is 6.08 Å². The van der Waals surface area contributed by atoms with Gasteiger partial charge in [0.2, 0.25) is 0 Å². The summed E-state index contributed by atoms with van der Waals surface area (Å²) in [6, 6.07) is 16.5. The Bertz CT molecular complexity index is 749. The van der Waals surface area contributed by atoms with Crippen LogP contribution in [-0.2, 0) is 0 Å². The summed E-state index contributed by atoms with van der Waals surface area (Å²) in [5.41, 5.74) is 3.58. The lowest BCUT2D eigenvalue weighted by molar-refractivity contribution is 0.415. The molecule has 2 aliphatic heterocycles. The van der Waals surface area contributed by atoms with Gasteiger partial charge in [-0.2, -0.15) is 0 Å². The number of hydrogen-bond donors (Lipinski definition) is 2. The fourth-order valence-electron chi connectivity index (χ4n) is 2.90. The minimum absolute atomic E-state index is 0.0907. The highest BCUT2D eigenvalue weighted by Gasteiger charge is 2.35. The summed E-state index contributed by atoms with van der Waals surface area (Å²) in [6.07, 6.45) is 4.16. The molecule has 0 radical (unpaired) electrons. The molecule has 0 aromatic heterocycles. The first-order chi connectivity index (χ1) is 10.8. The third-order valence-electron chi connectivity index (χ3n) is 4.05. The predicted octanol–water partition coefficient (Wildman–Crippen LogP) is 3.20. The fourth-order valence-corrected chi connectivity index (χ4v) is 2.90. The average Bonchev–Trinajstić information content (AvgIpc) is 3.10. The second-order valence-electron chi connectivity index (χ2n) is 5.42. The number of rotatable bonds is 3. The van der Waals surface area contributed by atoms with Gasteiger partial charge in [0.1, 0.15) is 17.8 Å². The lowest BCUT2D eigenvalue weighted by atomic mass is 10.1. The molecule has 110 valence electrons. The van der Waals surface area contributed by atoms with E-state index in [9.17, 15) is 0 Å². The van der Waals surface area contributed by atoms with Gasteiger partial charge in [0.15, 0.2) is 0 Å². The Morgan fingerprint density at radius 2 is 1.82 bits per heavy atom. The van der Waals surface area contributed by atoms with Crippen molar-refractivity contribution < 1.29 is 4.74 Å². The van der Waals surface area contributed by atoms with E-state index >= 15 is 0 Å². The molecule has 0 fully saturated rings. The van der Waals surface area contributed by atoms with Crippen molar-refractivity contribution in [2.75, 3.05) is 12.4 Å². The lowest BCUT2D eigenvalue weighted by Gasteiger charge is -2.08. The van der Waals surface area contributed by atoms with Crippen molar-refractivity contribution in [1.29, 1.82) is 0 Å². The topological polar surface area (TPSA) is 45.6 Å². The van der Waals surface area contributed by atoms with E-state index in [2.05, 4.69) is 34.9 Å². The quantitative estimate of drug-likeness (QED) is 0.913. The van der Waals surface area contributed by atoms with Gasteiger partial charge in [-0.05, 0) is 29.8 Å². The minimum Gasteiger partial charge on any atom is -0.497 e. The van der Waals surface area contributed by atoms with E-state index in [0.717, 1.165) is 17.1 Å². The highest BCUT2D eigenvalue weighted by atomic mass is 16.5. The van der Waals surface area contributed by atoms with E-state index in [1.807, 2.05) is 36.4 Å². The number of benzene rings is 2. The third kappa shape index (κ3) is 2.22. The summed E-state index contributed by atoms with van der Waals surface area (Å²) < 4.78 is 5.16. The zero-order chi connectivity index (χ0) is 14.9. The maximum atomic E-state index is 5.16. The number of methoxy groups -OCH3 is 1. The molecule has 4 heteroatoms. The summed E-state index contributed by atoms with van der Waals surface area (Å²) in [6.45, 7) is 0. The molecule has 0 spiro atoms. The van der Waals surface area contributed by atoms with Gasteiger partial charge in [-0.1, -0.05) is 36.4 Å². The van der Waals surface area contributed by atoms with E-state index in [4.69, 9.17) is 9.73 Å². The monoisotopic (exact) mass is 291 g/mol. The Morgan fingerprint density at radius 3 is 2.64 bits per heavy atom. The summed E-state index contributed by atoms with van der Waals surface area (Å²) in [5, 5.41) is 6.92. The van der Waals surface area contributed by atoms with E-state index in [0.29, 0.717) is 0 Å². The van der Waals surface area contributed by atoms with Crippen LogP contribution < -0.4 is 15.4 Å². The van der Waals surface area contributed by atoms with Crippen molar-refractivity contribution in [3.05, 3.63) is 65.7 Å². The zero-order valence-corrected chi connectivity index (χ0v) is 12.3. The van der Waals surface area contributed by atoms with Crippen LogP contribution in [0.5, 0.6) is 5.75 Å². The zero-order valence-electron chi connectivity index (χ0n) is 12.3. The maximum Gasteiger partial charge on any atom is 0.145 e. The molecule has 22 heavy (non-hydrogen) atoms. The smallest absolute Gasteiger partial charge is 0.145 e. The first-order valence-electron chi connectivity index (χ1n) is 7.35. The number of aliphatic imine (C=N–C) groups is 1. The minimum atomic E-state index is 0.0907. The SMILES string of the molecule is COc1ccc(/C=C/C2=NC3Nc4ccccc4C3N2)cc1. The van der Waals surface area contributed by atoms with Crippen LogP contribution in [0.3, 0.4) is 0 Å². The summed E-state index contributed by atoms with van der Waals surface area (Å²) in [4.78, 5) is 4.70. The second-order valence-corrected chi connectivity index (χ2v) is 5.42. The predicted molar refractivity (Wildman–Crippen MR) is 89.2 cm³/mol. The Labute approximate surface area is 129 Å². The van der Waals surface area contributed by atoms with Crippen LogP contribution in [0.1, 0.15) is 17.2 Å². The highest BCUT2D eigenvalue weighted by molar-refractivity contribution is 5.98. The third-order valence-corrected chi connectivity index (χ3v) is 4.05. The van der Waals surface area contributed by atoms with E-state index in [1.54, 1.807) is 7.11 Å². The molecule has 0 saturated heterocycles. The molecule has 0 bridgehead atoms. The van der Waals surface area contributed by atoms with E-state index in [1.165, 1.54) is 11.3 Å². The van der Waals surface area contributed by atoms with Gasteiger partial charge in [0.05, 0.1) is 13.2 Å².